The summed E-state index contributed by atoms with van der Waals surface area (Å²) in [5, 5.41) is 2.74. The van der Waals surface area contributed by atoms with Gasteiger partial charge in [-0.1, -0.05) is 6.42 Å². The molecule has 2 aliphatic carbocycles. The standard InChI is InChI=1S/C17H29N3O4S/c1-20(9-15(21)19-14-5-6-25(23,24)10-14)17(22)13-7-11-3-2-4-12(8-13)16(11)18/h11-14,16H,2-10,18H2,1H3,(H,19,21). The van der Waals surface area contributed by atoms with Crippen molar-refractivity contribution in [3.63, 3.8) is 0 Å². The monoisotopic (exact) mass is 371 g/mol. The van der Waals surface area contributed by atoms with E-state index >= 15 is 0 Å². The topological polar surface area (TPSA) is 110 Å². The van der Waals surface area contributed by atoms with Crippen LogP contribution in [0.4, 0.5) is 0 Å². The Morgan fingerprint density at radius 3 is 2.36 bits per heavy atom. The van der Waals surface area contributed by atoms with Gasteiger partial charge in [0.1, 0.15) is 0 Å². The maximum absolute atomic E-state index is 12.7. The number of likely N-dealkylation sites (N-methyl/N-ethyl adjacent to an activating group) is 1. The van der Waals surface area contributed by atoms with Crippen molar-refractivity contribution in [3.05, 3.63) is 0 Å². The smallest absolute Gasteiger partial charge is 0.239 e. The second-order valence-electron chi connectivity index (χ2n) is 8.06. The minimum atomic E-state index is -3.02. The summed E-state index contributed by atoms with van der Waals surface area (Å²) in [6.45, 7) is -0.0206. The molecule has 0 aromatic rings. The lowest BCUT2D eigenvalue weighted by Gasteiger charge is -2.44. The predicted molar refractivity (Wildman–Crippen MR) is 94.4 cm³/mol. The molecule has 1 heterocycles. The molecular formula is C17H29N3O4S. The molecule has 2 bridgehead atoms. The summed E-state index contributed by atoms with van der Waals surface area (Å²) >= 11 is 0. The van der Waals surface area contributed by atoms with Crippen LogP contribution in [0, 0.1) is 17.8 Å². The van der Waals surface area contributed by atoms with Gasteiger partial charge >= 0.3 is 0 Å². The van der Waals surface area contributed by atoms with E-state index in [-0.39, 0.29) is 47.9 Å². The molecule has 2 amide bonds. The minimum Gasteiger partial charge on any atom is -0.351 e. The lowest BCUT2D eigenvalue weighted by atomic mass is 9.65. The lowest BCUT2D eigenvalue weighted by molar-refractivity contribution is -0.140. The molecule has 7 nitrogen and oxygen atoms in total. The number of carbonyl (C=O) groups excluding carboxylic acids is 2. The number of fused-ring (bicyclic) bond motifs is 2. The van der Waals surface area contributed by atoms with Crippen LogP contribution in [0.5, 0.6) is 0 Å². The van der Waals surface area contributed by atoms with Crippen LogP contribution in [0.1, 0.15) is 38.5 Å². The second kappa shape index (κ2) is 7.23. The van der Waals surface area contributed by atoms with Gasteiger partial charge in [-0.05, 0) is 43.9 Å². The number of amides is 2. The highest BCUT2D eigenvalue weighted by Crippen LogP contribution is 2.42. The van der Waals surface area contributed by atoms with E-state index in [4.69, 9.17) is 5.73 Å². The molecule has 25 heavy (non-hydrogen) atoms. The van der Waals surface area contributed by atoms with Gasteiger partial charge in [0, 0.05) is 25.0 Å². The molecule has 3 N–H and O–H groups in total. The van der Waals surface area contributed by atoms with Gasteiger partial charge in [0.15, 0.2) is 9.84 Å². The van der Waals surface area contributed by atoms with Crippen molar-refractivity contribution >= 4 is 21.7 Å². The molecular weight excluding hydrogens is 342 g/mol. The fourth-order valence-electron chi connectivity index (χ4n) is 4.78. The SMILES string of the molecule is CN(CC(=O)NC1CCS(=O)(=O)C1)C(=O)C1CC2CCCC(C1)C2N. The van der Waals surface area contributed by atoms with Gasteiger partial charge in [0.25, 0.3) is 0 Å². The minimum absolute atomic E-state index is 0.000272. The molecule has 1 saturated heterocycles. The number of rotatable bonds is 4. The van der Waals surface area contributed by atoms with Crippen LogP contribution >= 0.6 is 0 Å². The van der Waals surface area contributed by atoms with Crippen molar-refractivity contribution in [2.45, 2.75) is 50.6 Å². The van der Waals surface area contributed by atoms with Crippen LogP contribution in [0.3, 0.4) is 0 Å². The quantitative estimate of drug-likeness (QED) is 0.717. The first-order chi connectivity index (χ1) is 11.7. The van der Waals surface area contributed by atoms with Crippen molar-refractivity contribution in [1.29, 1.82) is 0 Å². The Morgan fingerprint density at radius 1 is 1.16 bits per heavy atom. The van der Waals surface area contributed by atoms with Crippen LogP contribution in [-0.2, 0) is 19.4 Å². The van der Waals surface area contributed by atoms with E-state index in [2.05, 4.69) is 5.32 Å². The average molecular weight is 372 g/mol. The van der Waals surface area contributed by atoms with Crippen molar-refractivity contribution in [3.8, 4) is 0 Å². The molecule has 0 aromatic heterocycles. The Labute approximate surface area is 149 Å². The summed E-state index contributed by atoms with van der Waals surface area (Å²) in [7, 11) is -1.37. The largest absolute Gasteiger partial charge is 0.351 e. The predicted octanol–water partition coefficient (Wildman–Crippen LogP) is -0.0983. The van der Waals surface area contributed by atoms with E-state index < -0.39 is 9.84 Å². The van der Waals surface area contributed by atoms with Crippen molar-refractivity contribution in [2.24, 2.45) is 23.5 Å². The third kappa shape index (κ3) is 4.34. The third-order valence-electron chi connectivity index (χ3n) is 6.12. The summed E-state index contributed by atoms with van der Waals surface area (Å²) in [5.41, 5.74) is 6.28. The molecule has 1 aliphatic heterocycles. The molecule has 3 aliphatic rings. The number of nitrogens with two attached hydrogens (primary N) is 1. The first kappa shape index (κ1) is 18.6. The normalized spacial score (nSPS) is 36.6. The fraction of sp³-hybridized carbons (Fsp3) is 0.882. The number of carbonyl (C=O) groups is 2. The first-order valence-electron chi connectivity index (χ1n) is 9.25. The number of sulfone groups is 1. The van der Waals surface area contributed by atoms with Gasteiger partial charge in [-0.25, -0.2) is 8.42 Å². The zero-order valence-electron chi connectivity index (χ0n) is 14.8. The van der Waals surface area contributed by atoms with Crippen LogP contribution in [-0.4, -0.2) is 62.3 Å². The highest BCUT2D eigenvalue weighted by atomic mass is 32.2. The summed E-state index contributed by atoms with van der Waals surface area (Å²) in [6.07, 6.45) is 5.50. The second-order valence-corrected chi connectivity index (χ2v) is 10.3. The van der Waals surface area contributed by atoms with Crippen molar-refractivity contribution in [1.82, 2.24) is 10.2 Å². The number of nitrogens with one attached hydrogen (secondary N) is 1. The molecule has 3 unspecified atom stereocenters. The van der Waals surface area contributed by atoms with Crippen molar-refractivity contribution < 1.29 is 18.0 Å². The third-order valence-corrected chi connectivity index (χ3v) is 7.88. The lowest BCUT2D eigenvalue weighted by Crippen LogP contribution is -2.50. The number of hydrogen-bond donors (Lipinski definition) is 2. The Morgan fingerprint density at radius 2 is 1.80 bits per heavy atom. The van der Waals surface area contributed by atoms with Crippen molar-refractivity contribution in [2.75, 3.05) is 25.1 Å². The van der Waals surface area contributed by atoms with Crippen LogP contribution in [0.2, 0.25) is 0 Å². The van der Waals surface area contributed by atoms with Crippen LogP contribution < -0.4 is 11.1 Å². The summed E-state index contributed by atoms with van der Waals surface area (Å²) in [5.74, 6) is 0.654. The van der Waals surface area contributed by atoms with E-state index in [1.807, 2.05) is 0 Å². The van der Waals surface area contributed by atoms with Gasteiger partial charge in [-0.2, -0.15) is 0 Å². The first-order valence-corrected chi connectivity index (χ1v) is 11.1. The molecule has 8 heteroatoms. The van der Waals surface area contributed by atoms with E-state index in [1.54, 1.807) is 7.05 Å². The Kier molecular flexibility index (Phi) is 5.39. The van der Waals surface area contributed by atoms with Crippen LogP contribution in [0.25, 0.3) is 0 Å². The zero-order chi connectivity index (χ0) is 18.2. The van der Waals surface area contributed by atoms with E-state index in [9.17, 15) is 18.0 Å². The summed E-state index contributed by atoms with van der Waals surface area (Å²) in [6, 6.07) is -0.108. The molecule has 0 spiro atoms. The molecule has 0 aromatic carbocycles. The average Bonchev–Trinajstić information content (AvgIpc) is 2.84. The van der Waals surface area contributed by atoms with E-state index in [0.717, 1.165) is 25.7 Å². The molecule has 3 rings (SSSR count). The summed E-state index contributed by atoms with van der Waals surface area (Å²) in [4.78, 5) is 26.3. The maximum Gasteiger partial charge on any atom is 0.239 e. The fourth-order valence-corrected chi connectivity index (χ4v) is 6.45. The van der Waals surface area contributed by atoms with E-state index in [1.165, 1.54) is 11.3 Å². The maximum atomic E-state index is 12.7. The molecule has 0 radical (unpaired) electrons. The molecule has 2 saturated carbocycles. The Balaban J connectivity index is 1.50. The van der Waals surface area contributed by atoms with Gasteiger partial charge in [-0.3, -0.25) is 9.59 Å². The van der Waals surface area contributed by atoms with Gasteiger partial charge in [-0.15, -0.1) is 0 Å². The zero-order valence-corrected chi connectivity index (χ0v) is 15.6. The molecule has 3 atom stereocenters. The molecule has 3 fully saturated rings. The summed E-state index contributed by atoms with van der Waals surface area (Å²) < 4.78 is 22.9. The molecule has 142 valence electrons. The highest BCUT2D eigenvalue weighted by Gasteiger charge is 2.41. The number of nitrogens with zero attached hydrogens (tertiary/aromatic N) is 1. The Bertz CT molecular complexity index is 622. The van der Waals surface area contributed by atoms with Gasteiger partial charge in [0.05, 0.1) is 18.1 Å². The number of hydrogen-bond acceptors (Lipinski definition) is 5. The Hall–Kier alpha value is -1.15. The van der Waals surface area contributed by atoms with Crippen LogP contribution in [0.15, 0.2) is 0 Å². The highest BCUT2D eigenvalue weighted by molar-refractivity contribution is 7.91. The van der Waals surface area contributed by atoms with E-state index in [0.29, 0.717) is 18.3 Å². The van der Waals surface area contributed by atoms with Gasteiger partial charge in [0.2, 0.25) is 11.8 Å². The van der Waals surface area contributed by atoms with Gasteiger partial charge < -0.3 is 16.0 Å².